The first-order valence-corrected chi connectivity index (χ1v) is 9.89. The molecule has 0 bridgehead atoms. The maximum atomic E-state index is 13.2. The molecule has 0 radical (unpaired) electrons. The Hall–Kier alpha value is -2.64. The van der Waals surface area contributed by atoms with E-state index in [1.807, 2.05) is 12.3 Å². The van der Waals surface area contributed by atoms with Crippen LogP contribution >= 0.6 is 0 Å². The van der Waals surface area contributed by atoms with Gasteiger partial charge in [0.1, 0.15) is 5.82 Å². The van der Waals surface area contributed by atoms with Gasteiger partial charge in [0, 0.05) is 43.6 Å². The lowest BCUT2D eigenvalue weighted by molar-refractivity contribution is 0.103. The van der Waals surface area contributed by atoms with Gasteiger partial charge in [-0.1, -0.05) is 11.2 Å². The number of ether oxygens (including phenoxy) is 1. The second kappa shape index (κ2) is 8.80. The van der Waals surface area contributed by atoms with Crippen molar-refractivity contribution in [1.29, 1.82) is 0 Å². The average molecular weight is 396 g/mol. The number of hydrogen-bond donors (Lipinski definition) is 0. The van der Waals surface area contributed by atoms with Gasteiger partial charge >= 0.3 is 0 Å². The molecule has 29 heavy (non-hydrogen) atoms. The van der Waals surface area contributed by atoms with Gasteiger partial charge in [0.05, 0.1) is 0 Å². The number of benzene rings is 1. The Morgan fingerprint density at radius 3 is 2.66 bits per heavy atom. The number of rotatable bonds is 7. The molecule has 3 aromatic rings. The van der Waals surface area contributed by atoms with E-state index in [0.29, 0.717) is 12.5 Å². The molecule has 1 aliphatic heterocycles. The van der Waals surface area contributed by atoms with Crippen LogP contribution in [0.4, 0.5) is 4.39 Å². The molecule has 1 saturated heterocycles. The molecule has 0 atom stereocenters. The minimum absolute atomic E-state index is 0.177. The van der Waals surface area contributed by atoms with Crippen molar-refractivity contribution < 1.29 is 13.7 Å². The Kier molecular flexibility index (Phi) is 5.97. The Morgan fingerprint density at radius 1 is 1.17 bits per heavy atom. The maximum Gasteiger partial charge on any atom is 0.257 e. The SMILES string of the molecule is COCCC1(c2noc(-c3ccc(F)cc3)n2)CCN(Cc2cccnc2)CC1. The van der Waals surface area contributed by atoms with Crippen LogP contribution in [0.15, 0.2) is 53.3 Å². The first-order valence-electron chi connectivity index (χ1n) is 9.89. The summed E-state index contributed by atoms with van der Waals surface area (Å²) in [5.41, 5.74) is 1.76. The highest BCUT2D eigenvalue weighted by Gasteiger charge is 2.40. The first kappa shape index (κ1) is 19.7. The molecule has 0 aliphatic carbocycles. The predicted octanol–water partition coefficient (Wildman–Crippen LogP) is 3.84. The zero-order valence-corrected chi connectivity index (χ0v) is 16.6. The van der Waals surface area contributed by atoms with E-state index >= 15 is 0 Å². The third-order valence-electron chi connectivity index (χ3n) is 5.72. The Bertz CT molecular complexity index is 906. The van der Waals surface area contributed by atoms with Crippen LogP contribution in [0.3, 0.4) is 0 Å². The van der Waals surface area contributed by atoms with Crippen LogP contribution in [0.1, 0.15) is 30.7 Å². The lowest BCUT2D eigenvalue weighted by Crippen LogP contribution is -2.43. The van der Waals surface area contributed by atoms with Gasteiger partial charge in [-0.25, -0.2) is 4.39 Å². The number of pyridine rings is 1. The molecule has 4 rings (SSSR count). The molecule has 1 fully saturated rings. The molecule has 152 valence electrons. The third kappa shape index (κ3) is 4.52. The molecule has 0 amide bonds. The van der Waals surface area contributed by atoms with Crippen molar-refractivity contribution in [2.45, 2.75) is 31.2 Å². The number of piperidine rings is 1. The van der Waals surface area contributed by atoms with Crippen molar-refractivity contribution in [3.8, 4) is 11.5 Å². The minimum atomic E-state index is -0.286. The topological polar surface area (TPSA) is 64.3 Å². The zero-order valence-electron chi connectivity index (χ0n) is 16.6. The molecule has 0 saturated carbocycles. The van der Waals surface area contributed by atoms with Gasteiger partial charge in [0.15, 0.2) is 5.82 Å². The third-order valence-corrected chi connectivity index (χ3v) is 5.72. The van der Waals surface area contributed by atoms with Crippen LogP contribution in [0.25, 0.3) is 11.5 Å². The largest absolute Gasteiger partial charge is 0.385 e. The summed E-state index contributed by atoms with van der Waals surface area (Å²) in [6.07, 6.45) is 6.41. The van der Waals surface area contributed by atoms with E-state index in [-0.39, 0.29) is 11.2 Å². The molecule has 1 aromatic carbocycles. The number of halogens is 1. The van der Waals surface area contributed by atoms with Crippen LogP contribution in [0, 0.1) is 5.82 Å². The van der Waals surface area contributed by atoms with Gasteiger partial charge in [-0.05, 0) is 68.2 Å². The summed E-state index contributed by atoms with van der Waals surface area (Å²) in [6, 6.07) is 10.2. The summed E-state index contributed by atoms with van der Waals surface area (Å²) in [7, 11) is 1.71. The zero-order chi connectivity index (χ0) is 20.1. The summed E-state index contributed by atoms with van der Waals surface area (Å²) in [5.74, 6) is 0.857. The van der Waals surface area contributed by atoms with Crippen molar-refractivity contribution in [2.24, 2.45) is 0 Å². The van der Waals surface area contributed by atoms with E-state index in [2.05, 4.69) is 26.1 Å². The molecule has 0 spiro atoms. The fourth-order valence-electron chi connectivity index (χ4n) is 3.92. The number of aromatic nitrogens is 3. The van der Waals surface area contributed by atoms with Gasteiger partial charge in [0.2, 0.25) is 0 Å². The molecule has 3 heterocycles. The highest BCUT2D eigenvalue weighted by Crippen LogP contribution is 2.38. The quantitative estimate of drug-likeness (QED) is 0.605. The van der Waals surface area contributed by atoms with Crippen LogP contribution in [-0.2, 0) is 16.7 Å². The van der Waals surface area contributed by atoms with Crippen molar-refractivity contribution in [1.82, 2.24) is 20.0 Å². The average Bonchev–Trinajstić information content (AvgIpc) is 3.26. The van der Waals surface area contributed by atoms with Gasteiger partial charge in [0.25, 0.3) is 5.89 Å². The van der Waals surface area contributed by atoms with E-state index in [1.54, 1.807) is 25.4 Å². The smallest absolute Gasteiger partial charge is 0.257 e. The van der Waals surface area contributed by atoms with Crippen molar-refractivity contribution in [3.05, 3.63) is 66.0 Å². The summed E-state index contributed by atoms with van der Waals surface area (Å²) in [5, 5.41) is 4.31. The lowest BCUT2D eigenvalue weighted by atomic mass is 9.75. The van der Waals surface area contributed by atoms with Gasteiger partial charge in [-0.15, -0.1) is 0 Å². The normalized spacial score (nSPS) is 16.8. The molecule has 2 aromatic heterocycles. The molecule has 1 aliphatic rings. The second-order valence-electron chi connectivity index (χ2n) is 7.59. The van der Waals surface area contributed by atoms with E-state index in [1.165, 1.54) is 17.7 Å². The Morgan fingerprint density at radius 2 is 1.97 bits per heavy atom. The fraction of sp³-hybridized carbons (Fsp3) is 0.409. The number of methoxy groups -OCH3 is 1. The van der Waals surface area contributed by atoms with Crippen molar-refractivity contribution >= 4 is 0 Å². The highest BCUT2D eigenvalue weighted by molar-refractivity contribution is 5.52. The molecule has 6 nitrogen and oxygen atoms in total. The monoisotopic (exact) mass is 396 g/mol. The van der Waals surface area contributed by atoms with Crippen LogP contribution < -0.4 is 0 Å². The summed E-state index contributed by atoms with van der Waals surface area (Å²) in [6.45, 7) is 3.42. The number of hydrogen-bond acceptors (Lipinski definition) is 6. The first-order chi connectivity index (χ1) is 14.2. The summed E-state index contributed by atoms with van der Waals surface area (Å²) in [4.78, 5) is 11.3. The van der Waals surface area contributed by atoms with E-state index in [9.17, 15) is 4.39 Å². The molecular weight excluding hydrogens is 371 g/mol. The molecule has 7 heteroatoms. The minimum Gasteiger partial charge on any atom is -0.385 e. The van der Waals surface area contributed by atoms with Crippen molar-refractivity contribution in [2.75, 3.05) is 26.8 Å². The van der Waals surface area contributed by atoms with Gasteiger partial charge < -0.3 is 9.26 Å². The van der Waals surface area contributed by atoms with E-state index in [4.69, 9.17) is 9.26 Å². The maximum absolute atomic E-state index is 13.2. The Balaban J connectivity index is 1.50. The fourth-order valence-corrected chi connectivity index (χ4v) is 3.92. The van der Waals surface area contributed by atoms with E-state index < -0.39 is 0 Å². The van der Waals surface area contributed by atoms with E-state index in [0.717, 1.165) is 50.3 Å². The second-order valence-corrected chi connectivity index (χ2v) is 7.59. The molecule has 0 unspecified atom stereocenters. The summed E-state index contributed by atoms with van der Waals surface area (Å²) >= 11 is 0. The van der Waals surface area contributed by atoms with Crippen LogP contribution in [0.5, 0.6) is 0 Å². The number of likely N-dealkylation sites (tertiary alicyclic amines) is 1. The lowest BCUT2D eigenvalue weighted by Gasteiger charge is -2.39. The summed E-state index contributed by atoms with van der Waals surface area (Å²) < 4.78 is 24.1. The van der Waals surface area contributed by atoms with Crippen LogP contribution in [-0.4, -0.2) is 46.8 Å². The Labute approximate surface area is 169 Å². The predicted molar refractivity (Wildman–Crippen MR) is 107 cm³/mol. The molecule has 0 N–H and O–H groups in total. The van der Waals surface area contributed by atoms with Crippen molar-refractivity contribution in [3.63, 3.8) is 0 Å². The number of nitrogens with zero attached hydrogens (tertiary/aromatic N) is 4. The van der Waals surface area contributed by atoms with Gasteiger partial charge in [-0.2, -0.15) is 4.98 Å². The highest BCUT2D eigenvalue weighted by atomic mass is 19.1. The molecular formula is C22H25FN4O2. The standard InChI is InChI=1S/C22H25FN4O2/c1-28-14-10-22(8-12-27(13-9-22)16-17-3-2-11-24-15-17)21-25-20(29-26-21)18-4-6-19(23)7-5-18/h2-7,11,15H,8-10,12-14,16H2,1H3. The van der Waals surface area contributed by atoms with Crippen LogP contribution in [0.2, 0.25) is 0 Å². The van der Waals surface area contributed by atoms with Gasteiger partial charge in [-0.3, -0.25) is 9.88 Å².